The summed E-state index contributed by atoms with van der Waals surface area (Å²) < 4.78 is 12.7. The van der Waals surface area contributed by atoms with Crippen LogP contribution in [0.25, 0.3) is 0 Å². The van der Waals surface area contributed by atoms with Gasteiger partial charge < -0.3 is 9.47 Å². The molecule has 0 saturated heterocycles. The molecule has 1 N–H and O–H groups in total. The minimum Gasteiger partial charge on any atom is -0.494 e. The Morgan fingerprint density at radius 2 is 1.74 bits per heavy atom. The molecule has 0 saturated carbocycles. The molecule has 3 rings (SSSR count). The highest BCUT2D eigenvalue weighted by Gasteiger charge is 2.18. The van der Waals surface area contributed by atoms with E-state index in [4.69, 9.17) is 9.47 Å². The lowest BCUT2D eigenvalue weighted by atomic mass is 10.1. The molecule has 9 heteroatoms. The molecule has 0 fully saturated rings. The van der Waals surface area contributed by atoms with Gasteiger partial charge in [0.2, 0.25) is 5.62 Å². The van der Waals surface area contributed by atoms with Crippen molar-refractivity contribution in [3.8, 4) is 5.75 Å². The second-order valence-electron chi connectivity index (χ2n) is 8.10. The van der Waals surface area contributed by atoms with Crippen molar-refractivity contribution in [2.45, 2.75) is 40.3 Å². The minimum absolute atomic E-state index is 0.111. The average molecular weight is 467 g/mol. The van der Waals surface area contributed by atoms with Crippen LogP contribution in [0, 0.1) is 12.8 Å². The Morgan fingerprint density at radius 3 is 2.35 bits per heavy atom. The van der Waals surface area contributed by atoms with Gasteiger partial charge in [0.1, 0.15) is 5.75 Å². The van der Waals surface area contributed by atoms with Crippen molar-refractivity contribution in [3.05, 3.63) is 86.2 Å². The maximum Gasteiger partial charge on any atom is 0.335 e. The SMILES string of the molecule is CCCOc1ccc(/N=c2\[nH]c(=O)n(C[C@H](C)C(=O)OC)c(=O)n2Cc2ccc(C)cc2)cc1. The number of hydrogen-bond acceptors (Lipinski definition) is 6. The predicted molar refractivity (Wildman–Crippen MR) is 128 cm³/mol. The lowest BCUT2D eigenvalue weighted by Gasteiger charge is -2.14. The number of carbonyl (C=O) groups is 1. The number of H-pyrrole nitrogens is 1. The average Bonchev–Trinajstić information content (AvgIpc) is 2.84. The molecule has 1 atom stereocenters. The molecular formula is C25H30N4O5. The van der Waals surface area contributed by atoms with E-state index in [-0.39, 0.29) is 18.7 Å². The van der Waals surface area contributed by atoms with Crippen LogP contribution in [0.5, 0.6) is 5.75 Å². The standard InChI is InChI=1S/C25H30N4O5/c1-5-14-34-21-12-10-20(11-13-21)26-23-27-24(31)29(15-18(3)22(30)33-4)25(32)28(23)16-19-8-6-17(2)7-9-19/h6-13,18H,5,14-16H2,1-4H3,(H,26,27,31)/t18-/m0/s1. The number of aryl methyl sites for hydroxylation is 1. The van der Waals surface area contributed by atoms with Gasteiger partial charge in [0.15, 0.2) is 0 Å². The summed E-state index contributed by atoms with van der Waals surface area (Å²) in [4.78, 5) is 45.2. The van der Waals surface area contributed by atoms with Crippen LogP contribution in [0.2, 0.25) is 0 Å². The second kappa shape index (κ2) is 11.3. The van der Waals surface area contributed by atoms with E-state index < -0.39 is 23.3 Å². The van der Waals surface area contributed by atoms with Crippen LogP contribution in [-0.2, 0) is 22.6 Å². The second-order valence-corrected chi connectivity index (χ2v) is 8.10. The van der Waals surface area contributed by atoms with Gasteiger partial charge in [0, 0.05) is 6.54 Å². The smallest absolute Gasteiger partial charge is 0.335 e. The Morgan fingerprint density at radius 1 is 1.06 bits per heavy atom. The molecule has 0 spiro atoms. The van der Waals surface area contributed by atoms with Gasteiger partial charge in [0.25, 0.3) is 0 Å². The Balaban J connectivity index is 2.09. The van der Waals surface area contributed by atoms with Crippen molar-refractivity contribution < 1.29 is 14.3 Å². The fourth-order valence-electron chi connectivity index (χ4n) is 3.33. The first-order chi connectivity index (χ1) is 16.3. The van der Waals surface area contributed by atoms with E-state index in [1.54, 1.807) is 31.2 Å². The molecule has 0 aliphatic carbocycles. The lowest BCUT2D eigenvalue weighted by Crippen LogP contribution is -2.51. The van der Waals surface area contributed by atoms with E-state index in [0.717, 1.165) is 22.1 Å². The zero-order chi connectivity index (χ0) is 24.7. The molecule has 0 radical (unpaired) electrons. The van der Waals surface area contributed by atoms with Crippen molar-refractivity contribution in [1.82, 2.24) is 14.1 Å². The first-order valence-corrected chi connectivity index (χ1v) is 11.2. The number of methoxy groups -OCH3 is 1. The molecule has 9 nitrogen and oxygen atoms in total. The van der Waals surface area contributed by atoms with E-state index in [1.165, 1.54) is 11.7 Å². The molecule has 1 heterocycles. The fraction of sp³-hybridized carbons (Fsp3) is 0.360. The van der Waals surface area contributed by atoms with Crippen LogP contribution in [-0.4, -0.2) is 33.8 Å². The van der Waals surface area contributed by atoms with Crippen LogP contribution >= 0.6 is 0 Å². The van der Waals surface area contributed by atoms with Crippen molar-refractivity contribution >= 4 is 11.7 Å². The number of aromatic amines is 1. The number of benzene rings is 2. The third-order valence-corrected chi connectivity index (χ3v) is 5.25. The van der Waals surface area contributed by atoms with Crippen molar-refractivity contribution in [2.24, 2.45) is 10.9 Å². The van der Waals surface area contributed by atoms with E-state index in [1.807, 2.05) is 38.1 Å². The Bertz CT molecular complexity index is 1300. The summed E-state index contributed by atoms with van der Waals surface area (Å²) in [5.41, 5.74) is 1.41. The van der Waals surface area contributed by atoms with Crippen LogP contribution in [0.4, 0.5) is 5.69 Å². The van der Waals surface area contributed by atoms with Crippen molar-refractivity contribution in [1.29, 1.82) is 0 Å². The van der Waals surface area contributed by atoms with E-state index in [0.29, 0.717) is 18.0 Å². The van der Waals surface area contributed by atoms with Gasteiger partial charge in [-0.3, -0.25) is 14.3 Å². The third-order valence-electron chi connectivity index (χ3n) is 5.25. The summed E-state index contributed by atoms with van der Waals surface area (Å²) in [6, 6.07) is 14.8. The third kappa shape index (κ3) is 6.12. The Labute approximate surface area is 197 Å². The molecule has 0 bridgehead atoms. The van der Waals surface area contributed by atoms with Crippen LogP contribution in [0.3, 0.4) is 0 Å². The van der Waals surface area contributed by atoms with Gasteiger partial charge in [-0.2, -0.15) is 0 Å². The molecule has 1 aromatic heterocycles. The summed E-state index contributed by atoms with van der Waals surface area (Å²) in [5.74, 6) is -0.459. The van der Waals surface area contributed by atoms with Gasteiger partial charge in [-0.05, 0) is 43.2 Å². The molecule has 0 unspecified atom stereocenters. The van der Waals surface area contributed by atoms with Gasteiger partial charge in [0.05, 0.1) is 31.9 Å². The first-order valence-electron chi connectivity index (χ1n) is 11.2. The zero-order valence-electron chi connectivity index (χ0n) is 19.9. The first kappa shape index (κ1) is 24.8. The molecule has 3 aromatic rings. The highest BCUT2D eigenvalue weighted by molar-refractivity contribution is 5.71. The zero-order valence-corrected chi connectivity index (χ0v) is 19.9. The minimum atomic E-state index is -0.671. The molecule has 34 heavy (non-hydrogen) atoms. The predicted octanol–water partition coefficient (Wildman–Crippen LogP) is 2.53. The fourth-order valence-corrected chi connectivity index (χ4v) is 3.33. The maximum absolute atomic E-state index is 13.4. The number of rotatable bonds is 9. The largest absolute Gasteiger partial charge is 0.494 e. The highest BCUT2D eigenvalue weighted by Crippen LogP contribution is 2.17. The van der Waals surface area contributed by atoms with Crippen LogP contribution in [0.1, 0.15) is 31.4 Å². The quantitative estimate of drug-likeness (QED) is 0.488. The number of aromatic nitrogens is 3. The summed E-state index contributed by atoms with van der Waals surface area (Å²) >= 11 is 0. The molecular weight excluding hydrogens is 436 g/mol. The molecule has 0 aliphatic heterocycles. The summed E-state index contributed by atoms with van der Waals surface area (Å²) in [6.45, 7) is 6.30. The molecule has 0 aliphatic rings. The summed E-state index contributed by atoms with van der Waals surface area (Å²) in [7, 11) is 1.27. The van der Waals surface area contributed by atoms with Crippen LogP contribution < -0.4 is 21.7 Å². The lowest BCUT2D eigenvalue weighted by molar-refractivity contribution is -0.145. The number of ether oxygens (including phenoxy) is 2. The number of carbonyl (C=O) groups excluding carboxylic acids is 1. The Hall–Kier alpha value is -3.88. The summed E-state index contributed by atoms with van der Waals surface area (Å²) in [5, 5.41) is 0. The van der Waals surface area contributed by atoms with Crippen molar-refractivity contribution in [3.63, 3.8) is 0 Å². The highest BCUT2D eigenvalue weighted by atomic mass is 16.5. The monoisotopic (exact) mass is 466 g/mol. The molecule has 0 amide bonds. The van der Waals surface area contributed by atoms with Crippen LogP contribution in [0.15, 0.2) is 63.1 Å². The van der Waals surface area contributed by atoms with Gasteiger partial charge in [-0.15, -0.1) is 0 Å². The van der Waals surface area contributed by atoms with Gasteiger partial charge in [-0.25, -0.2) is 19.1 Å². The maximum atomic E-state index is 13.4. The van der Waals surface area contributed by atoms with E-state index in [2.05, 4.69) is 9.98 Å². The number of nitrogens with one attached hydrogen (secondary N) is 1. The summed E-state index contributed by atoms with van der Waals surface area (Å²) in [6.07, 6.45) is 0.900. The van der Waals surface area contributed by atoms with Gasteiger partial charge >= 0.3 is 17.3 Å². The Kier molecular flexibility index (Phi) is 8.24. The molecule has 2 aromatic carbocycles. The van der Waals surface area contributed by atoms with Crippen molar-refractivity contribution in [2.75, 3.05) is 13.7 Å². The number of hydrogen-bond donors (Lipinski definition) is 1. The van der Waals surface area contributed by atoms with E-state index >= 15 is 0 Å². The normalized spacial score (nSPS) is 12.4. The molecule has 180 valence electrons. The number of nitrogens with zero attached hydrogens (tertiary/aromatic N) is 3. The number of esters is 1. The van der Waals surface area contributed by atoms with Gasteiger partial charge in [-0.1, -0.05) is 43.7 Å². The van der Waals surface area contributed by atoms with E-state index in [9.17, 15) is 14.4 Å². The topological polar surface area (TPSA) is 108 Å².